The quantitative estimate of drug-likeness (QED) is 0.510. The second-order valence-corrected chi connectivity index (χ2v) is 4.89. The number of carbonyl (C=O) groups is 1. The van der Waals surface area contributed by atoms with Crippen LogP contribution >= 0.6 is 11.4 Å². The van der Waals surface area contributed by atoms with Gasteiger partial charge in [-0.1, -0.05) is 12.8 Å². The number of hydrogen-bond donors (Lipinski definition) is 3. The van der Waals surface area contributed by atoms with Gasteiger partial charge in [-0.05, 0) is 18.6 Å². The maximum Gasteiger partial charge on any atom is 0.304 e. The van der Waals surface area contributed by atoms with Crippen LogP contribution < -0.4 is 0 Å². The number of aliphatic carboxylic acids is 1. The van der Waals surface area contributed by atoms with Crippen molar-refractivity contribution in [2.75, 3.05) is 18.8 Å². The molecular formula is C10H19NO3S. The van der Waals surface area contributed by atoms with Crippen LogP contribution in [0, 0.1) is 0 Å². The van der Waals surface area contributed by atoms with Crippen molar-refractivity contribution in [1.82, 2.24) is 4.90 Å². The Kier molecular flexibility index (Phi) is 5.90. The Balaban J connectivity index is 2.35. The lowest BCUT2D eigenvalue weighted by Crippen LogP contribution is -2.30. The van der Waals surface area contributed by atoms with Crippen molar-refractivity contribution in [1.29, 1.82) is 0 Å². The van der Waals surface area contributed by atoms with E-state index in [0.29, 0.717) is 10.9 Å². The molecule has 0 radical (unpaired) electrons. The molecule has 1 rings (SSSR count). The van der Waals surface area contributed by atoms with Gasteiger partial charge in [0, 0.05) is 13.1 Å². The van der Waals surface area contributed by atoms with Gasteiger partial charge in [0.1, 0.15) is 5.17 Å². The lowest BCUT2D eigenvalue weighted by molar-refractivity contribution is -0.136. The normalized spacial score (nSPS) is 20.5. The van der Waals surface area contributed by atoms with E-state index in [0.717, 1.165) is 37.3 Å². The van der Waals surface area contributed by atoms with E-state index in [1.807, 2.05) is 4.90 Å². The van der Waals surface area contributed by atoms with Crippen LogP contribution in [0.5, 0.6) is 0 Å². The summed E-state index contributed by atoms with van der Waals surface area (Å²) in [6, 6.07) is 0. The van der Waals surface area contributed by atoms with Gasteiger partial charge in [-0.3, -0.25) is 9.69 Å². The first kappa shape index (κ1) is 12.7. The number of hydrogen-bond acceptors (Lipinski definition) is 1. The van der Waals surface area contributed by atoms with Gasteiger partial charge in [-0.25, -0.2) is 0 Å². The SMILES string of the molecule is O=C(O)CC[SH]=C(O)N1CCCCCC1. The zero-order valence-electron chi connectivity index (χ0n) is 8.85. The van der Waals surface area contributed by atoms with Gasteiger partial charge in [0.05, 0.1) is 6.42 Å². The Bertz CT molecular complexity index is 235. The van der Waals surface area contributed by atoms with Crippen molar-refractivity contribution < 1.29 is 15.0 Å². The van der Waals surface area contributed by atoms with E-state index in [-0.39, 0.29) is 6.42 Å². The summed E-state index contributed by atoms with van der Waals surface area (Å²) in [5.41, 5.74) is 0. The van der Waals surface area contributed by atoms with Crippen molar-refractivity contribution in [3.8, 4) is 0 Å². The number of aliphatic hydroxyl groups is 1. The number of nitrogens with zero attached hydrogens (tertiary/aromatic N) is 1. The fraction of sp³-hybridized carbons (Fsp3) is 0.800. The van der Waals surface area contributed by atoms with Gasteiger partial charge in [0.15, 0.2) is 0 Å². The summed E-state index contributed by atoms with van der Waals surface area (Å²) in [5, 5.41) is 18.6. The van der Waals surface area contributed by atoms with Crippen LogP contribution in [0.15, 0.2) is 0 Å². The molecular weight excluding hydrogens is 214 g/mol. The van der Waals surface area contributed by atoms with Crippen LogP contribution in [-0.4, -0.2) is 45.1 Å². The number of rotatable bonds is 3. The number of carboxylic acid groups (broad SMARTS) is 1. The van der Waals surface area contributed by atoms with Crippen LogP contribution in [0.2, 0.25) is 0 Å². The molecule has 0 aromatic heterocycles. The predicted octanol–water partition coefficient (Wildman–Crippen LogP) is 1.45. The molecule has 1 saturated heterocycles. The molecule has 15 heavy (non-hydrogen) atoms. The zero-order valence-corrected chi connectivity index (χ0v) is 9.75. The maximum absolute atomic E-state index is 10.3. The van der Waals surface area contributed by atoms with Crippen molar-refractivity contribution in [3.63, 3.8) is 0 Å². The first-order valence-corrected chi connectivity index (χ1v) is 6.48. The average Bonchev–Trinajstić information content (AvgIpc) is 2.44. The number of carboxylic acids is 1. The molecule has 0 aromatic carbocycles. The van der Waals surface area contributed by atoms with Crippen molar-refractivity contribution in [3.05, 3.63) is 0 Å². The highest BCUT2D eigenvalue weighted by Crippen LogP contribution is 2.11. The molecule has 1 aliphatic rings. The van der Waals surface area contributed by atoms with E-state index >= 15 is 0 Å². The monoisotopic (exact) mass is 233 g/mol. The third kappa shape index (κ3) is 5.30. The molecule has 1 fully saturated rings. The van der Waals surface area contributed by atoms with Gasteiger partial charge in [0.2, 0.25) is 0 Å². The van der Waals surface area contributed by atoms with E-state index < -0.39 is 5.97 Å². The highest BCUT2D eigenvalue weighted by Gasteiger charge is 2.11. The minimum Gasteiger partial charge on any atom is -0.481 e. The lowest BCUT2D eigenvalue weighted by Gasteiger charge is -2.18. The molecule has 0 unspecified atom stereocenters. The second kappa shape index (κ2) is 6.98. The molecule has 4 nitrogen and oxygen atoms in total. The highest BCUT2D eigenvalue weighted by molar-refractivity contribution is 7.98. The smallest absolute Gasteiger partial charge is 0.304 e. The van der Waals surface area contributed by atoms with Crippen LogP contribution in [-0.2, 0) is 4.79 Å². The molecule has 5 heteroatoms. The topological polar surface area (TPSA) is 60.8 Å². The third-order valence-corrected chi connectivity index (χ3v) is 3.48. The van der Waals surface area contributed by atoms with Gasteiger partial charge in [-0.2, -0.15) is 11.4 Å². The van der Waals surface area contributed by atoms with Crippen molar-refractivity contribution in [2.45, 2.75) is 32.1 Å². The standard InChI is InChI=1S/C10H19NO3S/c12-9(13)5-8-15-10(14)11-6-3-1-2-4-7-11/h14-15H,1-8H2,(H,12,13). The molecule has 0 atom stereocenters. The average molecular weight is 233 g/mol. The van der Waals surface area contributed by atoms with E-state index in [4.69, 9.17) is 5.11 Å². The molecule has 1 aliphatic heterocycles. The van der Waals surface area contributed by atoms with Crippen LogP contribution in [0.4, 0.5) is 0 Å². The first-order chi connectivity index (χ1) is 7.20. The highest BCUT2D eigenvalue weighted by atomic mass is 32.1. The van der Waals surface area contributed by atoms with Crippen LogP contribution in [0.25, 0.3) is 0 Å². The summed E-state index contributed by atoms with van der Waals surface area (Å²) in [7, 11) is 0. The molecule has 0 aliphatic carbocycles. The van der Waals surface area contributed by atoms with Crippen molar-refractivity contribution in [2.24, 2.45) is 0 Å². The molecule has 1 heterocycles. The van der Waals surface area contributed by atoms with Crippen LogP contribution in [0.1, 0.15) is 32.1 Å². The predicted molar refractivity (Wildman–Crippen MR) is 63.8 cm³/mol. The third-order valence-electron chi connectivity index (χ3n) is 2.47. The fourth-order valence-corrected chi connectivity index (χ4v) is 2.53. The summed E-state index contributed by atoms with van der Waals surface area (Å²) < 4.78 is 0. The van der Waals surface area contributed by atoms with Crippen LogP contribution in [0.3, 0.4) is 0 Å². The van der Waals surface area contributed by atoms with Gasteiger partial charge in [-0.15, -0.1) is 0 Å². The maximum atomic E-state index is 10.3. The van der Waals surface area contributed by atoms with Gasteiger partial charge in [0.25, 0.3) is 0 Å². The Morgan fingerprint density at radius 3 is 2.27 bits per heavy atom. The molecule has 0 saturated carbocycles. The van der Waals surface area contributed by atoms with E-state index in [1.165, 1.54) is 12.8 Å². The summed E-state index contributed by atoms with van der Waals surface area (Å²) in [6.07, 6.45) is 4.84. The second-order valence-electron chi connectivity index (χ2n) is 3.73. The molecule has 0 spiro atoms. The van der Waals surface area contributed by atoms with Crippen molar-refractivity contribution >= 4 is 22.5 Å². The van der Waals surface area contributed by atoms with E-state index in [1.54, 1.807) is 0 Å². The lowest BCUT2D eigenvalue weighted by atomic mass is 10.2. The zero-order chi connectivity index (χ0) is 11.1. The molecule has 0 amide bonds. The van der Waals surface area contributed by atoms with E-state index in [2.05, 4.69) is 0 Å². The minimum atomic E-state index is -0.800. The van der Waals surface area contributed by atoms with Gasteiger partial charge >= 0.3 is 5.97 Å². The number of likely N-dealkylation sites (tertiary alicyclic amines) is 1. The number of thiol groups is 1. The largest absolute Gasteiger partial charge is 0.481 e. The molecule has 2 N–H and O–H groups in total. The summed E-state index contributed by atoms with van der Waals surface area (Å²) in [6.45, 7) is 1.82. The number of aliphatic hydroxyl groups excluding tert-OH is 1. The summed E-state index contributed by atoms with van der Waals surface area (Å²) in [4.78, 5) is 12.3. The fourth-order valence-electron chi connectivity index (χ4n) is 1.62. The van der Waals surface area contributed by atoms with E-state index in [9.17, 15) is 9.90 Å². The Labute approximate surface area is 93.9 Å². The first-order valence-electron chi connectivity index (χ1n) is 5.40. The molecule has 0 bridgehead atoms. The minimum absolute atomic E-state index is 0.124. The Morgan fingerprint density at radius 2 is 1.73 bits per heavy atom. The summed E-state index contributed by atoms with van der Waals surface area (Å²) in [5.74, 6) is -0.302. The van der Waals surface area contributed by atoms with Gasteiger partial charge < -0.3 is 10.2 Å². The summed E-state index contributed by atoms with van der Waals surface area (Å²) >= 11 is 0.741. The Hall–Kier alpha value is -0.390. The molecule has 88 valence electrons. The molecule has 0 aromatic rings. The Morgan fingerprint density at radius 1 is 1.13 bits per heavy atom.